The van der Waals surface area contributed by atoms with Crippen LogP contribution in [0.1, 0.15) is 11.1 Å². The smallest absolute Gasteiger partial charge is 0.315 e. The molecule has 0 unspecified atom stereocenters. The Kier molecular flexibility index (Phi) is 4.29. The van der Waals surface area contributed by atoms with Crippen molar-refractivity contribution in [2.45, 2.75) is 13.5 Å². The Hall–Kier alpha value is -2.80. The highest BCUT2D eigenvalue weighted by molar-refractivity contribution is 7.22. The Bertz CT molecular complexity index is 861. The van der Waals surface area contributed by atoms with Crippen molar-refractivity contribution >= 4 is 38.5 Å². The summed E-state index contributed by atoms with van der Waals surface area (Å²) in [5.74, 6) is -1.42. The van der Waals surface area contributed by atoms with E-state index in [2.05, 4.69) is 20.6 Å². The molecule has 0 aliphatic rings. The van der Waals surface area contributed by atoms with Crippen LogP contribution in [-0.2, 0) is 16.1 Å². The van der Waals surface area contributed by atoms with Gasteiger partial charge in [0.1, 0.15) is 0 Å². The highest BCUT2D eigenvalue weighted by Gasteiger charge is 2.16. The summed E-state index contributed by atoms with van der Waals surface area (Å²) in [5.41, 5.74) is 2.74. The van der Waals surface area contributed by atoms with Crippen LogP contribution in [0, 0.1) is 6.92 Å². The molecule has 6 nitrogen and oxygen atoms in total. The lowest BCUT2D eigenvalue weighted by Crippen LogP contribution is -2.34. The van der Waals surface area contributed by atoms with Crippen molar-refractivity contribution in [1.29, 1.82) is 0 Å². The zero-order chi connectivity index (χ0) is 16.2. The molecule has 2 aromatic heterocycles. The van der Waals surface area contributed by atoms with Gasteiger partial charge in [-0.2, -0.15) is 0 Å². The zero-order valence-electron chi connectivity index (χ0n) is 12.4. The summed E-state index contributed by atoms with van der Waals surface area (Å²) < 4.78 is 0.970. The molecule has 0 bridgehead atoms. The van der Waals surface area contributed by atoms with E-state index in [-0.39, 0.29) is 6.54 Å². The van der Waals surface area contributed by atoms with E-state index in [1.807, 2.05) is 25.1 Å². The fourth-order valence-electron chi connectivity index (χ4n) is 2.06. The topological polar surface area (TPSA) is 84.0 Å². The predicted molar refractivity (Wildman–Crippen MR) is 89.1 cm³/mol. The second-order valence-electron chi connectivity index (χ2n) is 4.93. The SMILES string of the molecule is Cc1cccc2sc(NC(=O)C(=O)NCc3ccncc3)nc12. The lowest BCUT2D eigenvalue weighted by Gasteiger charge is -2.04. The number of benzene rings is 1. The maximum atomic E-state index is 11.9. The molecule has 2 amide bonds. The Morgan fingerprint density at radius 1 is 1.13 bits per heavy atom. The molecule has 0 atom stereocenters. The summed E-state index contributed by atoms with van der Waals surface area (Å²) in [6.45, 7) is 2.23. The molecule has 0 aliphatic heterocycles. The largest absolute Gasteiger partial charge is 0.344 e. The van der Waals surface area contributed by atoms with Crippen LogP contribution >= 0.6 is 11.3 Å². The molecule has 0 aliphatic carbocycles. The lowest BCUT2D eigenvalue weighted by atomic mass is 10.2. The van der Waals surface area contributed by atoms with Crippen molar-refractivity contribution < 1.29 is 9.59 Å². The van der Waals surface area contributed by atoms with Crippen LogP contribution in [0.25, 0.3) is 10.2 Å². The number of carbonyl (C=O) groups is 2. The minimum atomic E-state index is -0.726. The molecule has 1 aromatic carbocycles. The molecular formula is C16H14N4O2S. The third-order valence-corrected chi connectivity index (χ3v) is 4.19. The molecule has 0 saturated heterocycles. The Morgan fingerprint density at radius 3 is 2.65 bits per heavy atom. The summed E-state index contributed by atoms with van der Waals surface area (Å²) in [7, 11) is 0. The molecule has 7 heteroatoms. The van der Waals surface area contributed by atoms with Gasteiger partial charge in [-0.15, -0.1) is 0 Å². The number of aromatic nitrogens is 2. The Labute approximate surface area is 136 Å². The minimum Gasteiger partial charge on any atom is -0.344 e. The number of rotatable bonds is 3. The van der Waals surface area contributed by atoms with Crippen molar-refractivity contribution in [3.05, 3.63) is 53.9 Å². The number of para-hydroxylation sites is 1. The van der Waals surface area contributed by atoms with Gasteiger partial charge in [0.25, 0.3) is 0 Å². The maximum Gasteiger partial charge on any atom is 0.315 e. The number of hydrogen-bond acceptors (Lipinski definition) is 5. The Balaban J connectivity index is 1.63. The molecule has 0 fully saturated rings. The van der Waals surface area contributed by atoms with E-state index in [1.165, 1.54) is 11.3 Å². The second-order valence-corrected chi connectivity index (χ2v) is 5.96. The van der Waals surface area contributed by atoms with Gasteiger partial charge in [-0.25, -0.2) is 4.98 Å². The first kappa shape index (κ1) is 15.1. The van der Waals surface area contributed by atoms with Gasteiger partial charge in [0.05, 0.1) is 10.2 Å². The highest BCUT2D eigenvalue weighted by atomic mass is 32.1. The summed E-state index contributed by atoms with van der Waals surface area (Å²) in [6.07, 6.45) is 3.26. The van der Waals surface area contributed by atoms with Gasteiger partial charge in [0, 0.05) is 18.9 Å². The number of thiazole rings is 1. The Morgan fingerprint density at radius 2 is 1.91 bits per heavy atom. The minimum absolute atomic E-state index is 0.272. The second kappa shape index (κ2) is 6.53. The standard InChI is InChI=1S/C16H14N4O2S/c1-10-3-2-4-12-13(10)19-16(23-12)20-15(22)14(21)18-9-11-5-7-17-8-6-11/h2-8H,9H2,1H3,(H,18,21)(H,19,20,22). The fourth-order valence-corrected chi connectivity index (χ4v) is 3.00. The average molecular weight is 326 g/mol. The lowest BCUT2D eigenvalue weighted by molar-refractivity contribution is -0.136. The van der Waals surface area contributed by atoms with E-state index in [9.17, 15) is 9.59 Å². The number of pyridine rings is 1. The van der Waals surface area contributed by atoms with Gasteiger partial charge < -0.3 is 5.32 Å². The molecular weight excluding hydrogens is 312 g/mol. The molecule has 3 rings (SSSR count). The summed E-state index contributed by atoms with van der Waals surface area (Å²) >= 11 is 1.34. The van der Waals surface area contributed by atoms with E-state index in [0.29, 0.717) is 5.13 Å². The van der Waals surface area contributed by atoms with Crippen LogP contribution in [0.2, 0.25) is 0 Å². The molecule has 116 valence electrons. The van der Waals surface area contributed by atoms with E-state index in [4.69, 9.17) is 0 Å². The van der Waals surface area contributed by atoms with Crippen molar-refractivity contribution in [2.24, 2.45) is 0 Å². The summed E-state index contributed by atoms with van der Waals surface area (Å²) in [6, 6.07) is 9.36. The molecule has 0 saturated carbocycles. The van der Waals surface area contributed by atoms with Crippen LogP contribution in [0.4, 0.5) is 5.13 Å². The van der Waals surface area contributed by atoms with E-state index in [0.717, 1.165) is 21.3 Å². The molecule has 2 N–H and O–H groups in total. The number of fused-ring (bicyclic) bond motifs is 1. The highest BCUT2D eigenvalue weighted by Crippen LogP contribution is 2.27. The maximum absolute atomic E-state index is 11.9. The van der Waals surface area contributed by atoms with Crippen molar-refractivity contribution in [3.8, 4) is 0 Å². The molecule has 23 heavy (non-hydrogen) atoms. The summed E-state index contributed by atoms with van der Waals surface area (Å²) in [4.78, 5) is 32.0. The van der Waals surface area contributed by atoms with Crippen LogP contribution in [0.3, 0.4) is 0 Å². The van der Waals surface area contributed by atoms with Crippen molar-refractivity contribution in [2.75, 3.05) is 5.32 Å². The molecule has 0 spiro atoms. The van der Waals surface area contributed by atoms with Crippen LogP contribution < -0.4 is 10.6 Å². The van der Waals surface area contributed by atoms with Gasteiger partial charge in [-0.3, -0.25) is 19.9 Å². The number of carbonyl (C=O) groups excluding carboxylic acids is 2. The fraction of sp³-hybridized carbons (Fsp3) is 0.125. The quantitative estimate of drug-likeness (QED) is 0.723. The van der Waals surface area contributed by atoms with Crippen LogP contribution in [0.15, 0.2) is 42.7 Å². The van der Waals surface area contributed by atoms with Gasteiger partial charge in [0.2, 0.25) is 0 Å². The van der Waals surface area contributed by atoms with Gasteiger partial charge in [-0.05, 0) is 36.2 Å². The number of hydrogen-bond donors (Lipinski definition) is 2. The van der Waals surface area contributed by atoms with Gasteiger partial charge in [-0.1, -0.05) is 23.5 Å². The first-order chi connectivity index (χ1) is 11.1. The zero-order valence-corrected chi connectivity index (χ0v) is 13.2. The number of aryl methyl sites for hydroxylation is 1. The van der Waals surface area contributed by atoms with E-state index >= 15 is 0 Å². The van der Waals surface area contributed by atoms with Crippen LogP contribution in [0.5, 0.6) is 0 Å². The van der Waals surface area contributed by atoms with Gasteiger partial charge >= 0.3 is 11.8 Å². The number of amides is 2. The third kappa shape index (κ3) is 3.51. The molecule has 0 radical (unpaired) electrons. The first-order valence-corrected chi connectivity index (χ1v) is 7.79. The van der Waals surface area contributed by atoms with E-state index in [1.54, 1.807) is 24.5 Å². The molecule has 2 heterocycles. The predicted octanol–water partition coefficient (Wildman–Crippen LogP) is 2.25. The molecule has 3 aromatic rings. The number of anilines is 1. The average Bonchev–Trinajstić information content (AvgIpc) is 2.97. The summed E-state index contributed by atoms with van der Waals surface area (Å²) in [5, 5.41) is 5.52. The third-order valence-electron chi connectivity index (χ3n) is 3.25. The monoisotopic (exact) mass is 326 g/mol. The normalized spacial score (nSPS) is 10.5. The number of nitrogens with zero attached hydrogens (tertiary/aromatic N) is 2. The van der Waals surface area contributed by atoms with Crippen molar-refractivity contribution in [1.82, 2.24) is 15.3 Å². The van der Waals surface area contributed by atoms with Crippen LogP contribution in [-0.4, -0.2) is 21.8 Å². The van der Waals surface area contributed by atoms with Crippen molar-refractivity contribution in [3.63, 3.8) is 0 Å². The number of nitrogens with one attached hydrogen (secondary N) is 2. The first-order valence-electron chi connectivity index (χ1n) is 6.98. The van der Waals surface area contributed by atoms with Gasteiger partial charge in [0.15, 0.2) is 5.13 Å². The van der Waals surface area contributed by atoms with E-state index < -0.39 is 11.8 Å².